The van der Waals surface area contributed by atoms with Crippen molar-refractivity contribution in [1.82, 2.24) is 4.90 Å². The number of piperidine rings is 1. The van der Waals surface area contributed by atoms with E-state index in [2.05, 4.69) is 11.0 Å². The van der Waals surface area contributed by atoms with E-state index in [1.807, 2.05) is 12.1 Å². The Bertz CT molecular complexity index is 548. The highest BCUT2D eigenvalue weighted by molar-refractivity contribution is 5.42. The highest BCUT2D eigenvalue weighted by Gasteiger charge is 2.41. The van der Waals surface area contributed by atoms with Crippen LogP contribution in [0.4, 0.5) is 0 Å². The molecule has 0 aromatic heterocycles. The van der Waals surface area contributed by atoms with E-state index in [-0.39, 0.29) is 12.2 Å². The number of fused-ring (bicyclic) bond motifs is 1. The Kier molecular flexibility index (Phi) is 4.20. The quantitative estimate of drug-likeness (QED) is 0.927. The molecule has 1 aromatic rings. The summed E-state index contributed by atoms with van der Waals surface area (Å²) < 4.78 is 12.0. The molecule has 2 fully saturated rings. The Balaban J connectivity index is 1.40. The largest absolute Gasteiger partial charge is 0.491 e. The predicted molar refractivity (Wildman–Crippen MR) is 89.1 cm³/mol. The molecule has 2 heterocycles. The number of aliphatic hydroxyl groups is 1. The minimum absolute atomic E-state index is 0.0498. The van der Waals surface area contributed by atoms with E-state index in [1.165, 1.54) is 37.9 Å². The summed E-state index contributed by atoms with van der Waals surface area (Å²) in [6.45, 7) is 2.78. The zero-order valence-electron chi connectivity index (χ0n) is 13.8. The molecule has 23 heavy (non-hydrogen) atoms. The van der Waals surface area contributed by atoms with Gasteiger partial charge in [0.2, 0.25) is 0 Å². The molecule has 0 atom stereocenters. The van der Waals surface area contributed by atoms with Gasteiger partial charge < -0.3 is 19.5 Å². The fourth-order valence-corrected chi connectivity index (χ4v) is 4.15. The average Bonchev–Trinajstić information content (AvgIpc) is 2.54. The van der Waals surface area contributed by atoms with E-state index in [9.17, 15) is 0 Å². The summed E-state index contributed by atoms with van der Waals surface area (Å²) in [6.07, 6.45) is 8.70. The molecule has 1 aliphatic carbocycles. The van der Waals surface area contributed by atoms with Gasteiger partial charge in [0.25, 0.3) is 0 Å². The van der Waals surface area contributed by atoms with Crippen LogP contribution in [-0.2, 0) is 6.42 Å². The molecule has 4 rings (SSSR count). The minimum atomic E-state index is 0.0498. The van der Waals surface area contributed by atoms with Crippen LogP contribution in [0.2, 0.25) is 0 Å². The molecule has 4 heteroatoms. The summed E-state index contributed by atoms with van der Waals surface area (Å²) in [5.41, 5.74) is 1.30. The second kappa shape index (κ2) is 6.33. The number of aryl methyl sites for hydroxylation is 1. The van der Waals surface area contributed by atoms with E-state index in [4.69, 9.17) is 14.6 Å². The van der Waals surface area contributed by atoms with Gasteiger partial charge in [0.15, 0.2) is 0 Å². The number of likely N-dealkylation sites (tertiary alicyclic amines) is 1. The van der Waals surface area contributed by atoms with Gasteiger partial charge in [0.1, 0.15) is 23.7 Å². The molecule has 0 radical (unpaired) electrons. The Hall–Kier alpha value is -1.26. The maximum atomic E-state index is 8.86. The first kappa shape index (κ1) is 15.3. The van der Waals surface area contributed by atoms with Gasteiger partial charge in [-0.2, -0.15) is 0 Å². The van der Waals surface area contributed by atoms with Crippen molar-refractivity contribution in [2.24, 2.45) is 0 Å². The summed E-state index contributed by atoms with van der Waals surface area (Å²) in [6, 6.07) is 6.93. The van der Waals surface area contributed by atoms with E-state index in [0.717, 1.165) is 43.2 Å². The van der Waals surface area contributed by atoms with Gasteiger partial charge in [-0.1, -0.05) is 6.42 Å². The highest BCUT2D eigenvalue weighted by atomic mass is 16.5. The fourth-order valence-electron chi connectivity index (χ4n) is 4.15. The lowest BCUT2D eigenvalue weighted by molar-refractivity contribution is -0.0337. The average molecular weight is 317 g/mol. The highest BCUT2D eigenvalue weighted by Crippen LogP contribution is 2.41. The predicted octanol–water partition coefficient (Wildman–Crippen LogP) is 2.77. The Labute approximate surface area is 138 Å². The van der Waals surface area contributed by atoms with Crippen molar-refractivity contribution in [2.75, 3.05) is 26.3 Å². The van der Waals surface area contributed by atoms with Crippen molar-refractivity contribution in [3.8, 4) is 11.5 Å². The molecule has 1 saturated carbocycles. The van der Waals surface area contributed by atoms with Crippen molar-refractivity contribution in [3.63, 3.8) is 0 Å². The molecule has 4 nitrogen and oxygen atoms in total. The van der Waals surface area contributed by atoms with Crippen molar-refractivity contribution >= 4 is 0 Å². The van der Waals surface area contributed by atoms with E-state index >= 15 is 0 Å². The van der Waals surface area contributed by atoms with Crippen LogP contribution in [0.1, 0.15) is 44.1 Å². The van der Waals surface area contributed by atoms with E-state index in [1.54, 1.807) is 0 Å². The normalized spacial score (nSPS) is 23.9. The van der Waals surface area contributed by atoms with Crippen LogP contribution in [0, 0.1) is 0 Å². The molecule has 0 bridgehead atoms. The molecule has 2 aliphatic heterocycles. The van der Waals surface area contributed by atoms with Gasteiger partial charge in [-0.25, -0.2) is 0 Å². The van der Waals surface area contributed by atoms with Crippen molar-refractivity contribution in [3.05, 3.63) is 23.8 Å². The lowest BCUT2D eigenvalue weighted by Gasteiger charge is -2.48. The third-order valence-electron chi connectivity index (χ3n) is 5.87. The fraction of sp³-hybridized carbons (Fsp3) is 0.684. The van der Waals surface area contributed by atoms with E-state index < -0.39 is 0 Å². The molecule has 3 aliphatic rings. The summed E-state index contributed by atoms with van der Waals surface area (Å²) in [5.74, 6) is 1.86. The first-order valence-electron chi connectivity index (χ1n) is 9.08. The number of nitrogens with zero attached hydrogens (tertiary/aromatic N) is 1. The number of hydrogen-bond donors (Lipinski definition) is 1. The molecule has 0 amide bonds. The number of rotatable bonds is 4. The standard InChI is InChI=1S/C19H27NO3/c21-12-13-22-17-4-5-18-15(14-17)6-7-19(23-18)8-10-20(11-9-19)16-2-1-3-16/h4-5,14,16,21H,1-3,6-13H2. The topological polar surface area (TPSA) is 41.9 Å². The second-order valence-corrected chi connectivity index (χ2v) is 7.25. The molecule has 1 aromatic carbocycles. The smallest absolute Gasteiger partial charge is 0.123 e. The van der Waals surface area contributed by atoms with Gasteiger partial charge in [-0.15, -0.1) is 0 Å². The maximum absolute atomic E-state index is 8.86. The van der Waals surface area contributed by atoms with Crippen LogP contribution in [0.3, 0.4) is 0 Å². The Morgan fingerprint density at radius 3 is 2.74 bits per heavy atom. The zero-order chi connectivity index (χ0) is 15.7. The summed E-state index contributed by atoms with van der Waals surface area (Å²) in [4.78, 5) is 2.68. The number of ether oxygens (including phenoxy) is 2. The zero-order valence-corrected chi connectivity index (χ0v) is 13.8. The van der Waals surface area contributed by atoms with Gasteiger partial charge in [-0.05, 0) is 62.3 Å². The second-order valence-electron chi connectivity index (χ2n) is 7.25. The molecule has 1 saturated heterocycles. The molecule has 126 valence electrons. The molecular formula is C19H27NO3. The lowest BCUT2D eigenvalue weighted by atomic mass is 9.81. The van der Waals surface area contributed by atoms with Gasteiger partial charge in [0, 0.05) is 19.1 Å². The number of aliphatic hydroxyl groups excluding tert-OH is 1. The molecular weight excluding hydrogens is 290 g/mol. The number of benzene rings is 1. The van der Waals surface area contributed by atoms with Gasteiger partial charge in [0.05, 0.1) is 6.61 Å². The Morgan fingerprint density at radius 2 is 2.04 bits per heavy atom. The van der Waals surface area contributed by atoms with Crippen LogP contribution in [-0.4, -0.2) is 48.0 Å². The first-order valence-corrected chi connectivity index (χ1v) is 9.08. The van der Waals surface area contributed by atoms with Crippen LogP contribution < -0.4 is 9.47 Å². The van der Waals surface area contributed by atoms with Crippen LogP contribution in [0.5, 0.6) is 11.5 Å². The molecule has 0 unspecified atom stereocenters. The Morgan fingerprint density at radius 1 is 1.22 bits per heavy atom. The maximum Gasteiger partial charge on any atom is 0.123 e. The van der Waals surface area contributed by atoms with Crippen molar-refractivity contribution in [2.45, 2.75) is 56.6 Å². The summed E-state index contributed by atoms with van der Waals surface area (Å²) >= 11 is 0. The lowest BCUT2D eigenvalue weighted by Crippen LogP contribution is -2.53. The minimum Gasteiger partial charge on any atom is -0.491 e. The SMILES string of the molecule is OCCOc1ccc2c(c1)CCC1(CCN(C3CCC3)CC1)O2. The summed E-state index contributed by atoms with van der Waals surface area (Å²) in [7, 11) is 0. The van der Waals surface area contributed by atoms with Crippen molar-refractivity contribution < 1.29 is 14.6 Å². The van der Waals surface area contributed by atoms with E-state index in [0.29, 0.717) is 6.61 Å². The van der Waals surface area contributed by atoms with Crippen LogP contribution >= 0.6 is 0 Å². The van der Waals surface area contributed by atoms with Crippen LogP contribution in [0.25, 0.3) is 0 Å². The molecule has 1 N–H and O–H groups in total. The summed E-state index contributed by atoms with van der Waals surface area (Å²) in [5, 5.41) is 8.86. The van der Waals surface area contributed by atoms with Gasteiger partial charge >= 0.3 is 0 Å². The van der Waals surface area contributed by atoms with Crippen LogP contribution in [0.15, 0.2) is 18.2 Å². The van der Waals surface area contributed by atoms with Gasteiger partial charge in [-0.3, -0.25) is 0 Å². The monoisotopic (exact) mass is 317 g/mol. The van der Waals surface area contributed by atoms with Crippen molar-refractivity contribution in [1.29, 1.82) is 0 Å². The third kappa shape index (κ3) is 3.07. The number of hydrogen-bond acceptors (Lipinski definition) is 4. The molecule has 1 spiro atoms. The first-order chi connectivity index (χ1) is 11.3. The third-order valence-corrected chi connectivity index (χ3v) is 5.87.